The second-order valence-electron chi connectivity index (χ2n) is 5.74. The number of non-ortho nitro benzene ring substituents is 1. The van der Waals surface area contributed by atoms with E-state index in [-0.39, 0.29) is 24.0 Å². The Morgan fingerprint density at radius 3 is 2.50 bits per heavy atom. The highest BCUT2D eigenvalue weighted by Gasteiger charge is 2.27. The summed E-state index contributed by atoms with van der Waals surface area (Å²) in [6, 6.07) is 4.06. The number of nitrogens with two attached hydrogens (primary N) is 1. The van der Waals surface area contributed by atoms with Gasteiger partial charge in [-0.25, -0.2) is 0 Å². The van der Waals surface area contributed by atoms with E-state index in [0.717, 1.165) is 6.42 Å². The number of amides is 1. The van der Waals surface area contributed by atoms with Crippen molar-refractivity contribution >= 4 is 39.9 Å². The number of carbonyl (C=O) groups excluding carboxylic acids is 1. The molecule has 1 amide bonds. The van der Waals surface area contributed by atoms with Crippen molar-refractivity contribution in [2.24, 2.45) is 11.7 Å². The molecule has 1 unspecified atom stereocenters. The maximum atomic E-state index is 12.3. The van der Waals surface area contributed by atoms with Crippen LogP contribution < -0.4 is 11.1 Å². The number of hydrogen-bond donors (Lipinski definition) is 2. The normalized spacial score (nSPS) is 13.2. The average Bonchev–Trinajstić information content (AvgIpc) is 2.37. The summed E-state index contributed by atoms with van der Waals surface area (Å²) in [6.07, 6.45) is 0.750. The lowest BCUT2D eigenvalue weighted by atomic mass is 9.90. The van der Waals surface area contributed by atoms with Gasteiger partial charge < -0.3 is 11.1 Å². The molecule has 3 N–H and O–H groups in total. The van der Waals surface area contributed by atoms with E-state index in [4.69, 9.17) is 5.73 Å². The summed E-state index contributed by atoms with van der Waals surface area (Å²) in [7, 11) is 0. The Bertz CT molecular complexity index is 554. The van der Waals surface area contributed by atoms with Gasteiger partial charge >= 0.3 is 0 Å². The van der Waals surface area contributed by atoms with Gasteiger partial charge in [-0.1, -0.05) is 13.8 Å². The van der Waals surface area contributed by atoms with Gasteiger partial charge in [0.1, 0.15) is 0 Å². The molecule has 0 aliphatic rings. The molecule has 22 heavy (non-hydrogen) atoms. The molecule has 0 bridgehead atoms. The maximum absolute atomic E-state index is 12.3. The van der Waals surface area contributed by atoms with Crippen LogP contribution in [0.25, 0.3) is 0 Å². The van der Waals surface area contributed by atoms with E-state index >= 15 is 0 Å². The molecule has 1 aromatic rings. The number of carbonyl (C=O) groups is 1. The first-order valence-electron chi connectivity index (χ1n) is 6.65. The van der Waals surface area contributed by atoms with Crippen molar-refractivity contribution in [1.29, 1.82) is 0 Å². The molecule has 1 aromatic carbocycles. The molecule has 1 rings (SSSR count). The van der Waals surface area contributed by atoms with Crippen molar-refractivity contribution in [3.05, 3.63) is 38.3 Å². The predicted octanol–water partition coefficient (Wildman–Crippen LogP) is 3.27. The molecular formula is C14H21BrClN3O3. The zero-order chi connectivity index (χ0) is 16.2. The molecule has 0 radical (unpaired) electrons. The first-order valence-corrected chi connectivity index (χ1v) is 7.44. The standard InChI is InChI=1S/C14H20BrN3O3.ClH/c1-9(2)7-14(3,8-16)17-13(19)11-5-4-10(18(20)21)6-12(11)15;/h4-6,9H,7-8,16H2,1-3H3,(H,17,19);1H. The van der Waals surface area contributed by atoms with Crippen LogP contribution in [0.4, 0.5) is 5.69 Å². The molecule has 124 valence electrons. The highest BCUT2D eigenvalue weighted by Crippen LogP contribution is 2.24. The summed E-state index contributed by atoms with van der Waals surface area (Å²) in [5, 5.41) is 13.6. The number of rotatable bonds is 6. The Morgan fingerprint density at radius 2 is 2.09 bits per heavy atom. The van der Waals surface area contributed by atoms with Crippen LogP contribution in [0.5, 0.6) is 0 Å². The predicted molar refractivity (Wildman–Crippen MR) is 92.4 cm³/mol. The van der Waals surface area contributed by atoms with Crippen molar-refractivity contribution in [2.75, 3.05) is 6.54 Å². The zero-order valence-corrected chi connectivity index (χ0v) is 15.2. The van der Waals surface area contributed by atoms with Crippen molar-refractivity contribution in [1.82, 2.24) is 5.32 Å². The van der Waals surface area contributed by atoms with Crippen LogP contribution in [0, 0.1) is 16.0 Å². The summed E-state index contributed by atoms with van der Waals surface area (Å²) in [6.45, 7) is 6.33. The van der Waals surface area contributed by atoms with Gasteiger partial charge in [-0.2, -0.15) is 0 Å². The number of nitrogens with zero attached hydrogens (tertiary/aromatic N) is 1. The highest BCUT2D eigenvalue weighted by atomic mass is 79.9. The third-order valence-electron chi connectivity index (χ3n) is 3.13. The lowest BCUT2D eigenvalue weighted by Gasteiger charge is -2.31. The van der Waals surface area contributed by atoms with Crippen LogP contribution in [0.15, 0.2) is 22.7 Å². The van der Waals surface area contributed by atoms with E-state index in [0.29, 0.717) is 22.5 Å². The van der Waals surface area contributed by atoms with Gasteiger partial charge in [-0.15, -0.1) is 12.4 Å². The van der Waals surface area contributed by atoms with Gasteiger partial charge in [-0.05, 0) is 41.3 Å². The largest absolute Gasteiger partial charge is 0.346 e. The fourth-order valence-corrected chi connectivity index (χ4v) is 2.78. The summed E-state index contributed by atoms with van der Waals surface area (Å²) in [4.78, 5) is 22.5. The van der Waals surface area contributed by atoms with Crippen LogP contribution in [-0.4, -0.2) is 22.9 Å². The van der Waals surface area contributed by atoms with E-state index in [2.05, 4.69) is 35.1 Å². The van der Waals surface area contributed by atoms with Gasteiger partial charge in [-0.3, -0.25) is 14.9 Å². The monoisotopic (exact) mass is 393 g/mol. The SMILES string of the molecule is CC(C)CC(C)(CN)NC(=O)c1ccc([N+](=O)[O-])cc1Br.Cl. The number of nitro groups is 1. The summed E-state index contributed by atoms with van der Waals surface area (Å²) in [5.41, 5.74) is 5.54. The van der Waals surface area contributed by atoms with Gasteiger partial charge in [0.25, 0.3) is 11.6 Å². The average molecular weight is 395 g/mol. The molecule has 0 heterocycles. The molecule has 0 spiro atoms. The third-order valence-corrected chi connectivity index (χ3v) is 3.79. The van der Waals surface area contributed by atoms with Gasteiger partial charge in [0, 0.05) is 28.7 Å². The van der Waals surface area contributed by atoms with Crippen molar-refractivity contribution in [3.63, 3.8) is 0 Å². The second-order valence-corrected chi connectivity index (χ2v) is 6.59. The van der Waals surface area contributed by atoms with Gasteiger partial charge in [0.2, 0.25) is 0 Å². The topological polar surface area (TPSA) is 98.3 Å². The Balaban J connectivity index is 0.00000441. The van der Waals surface area contributed by atoms with Gasteiger partial charge in [0.05, 0.1) is 10.5 Å². The number of benzene rings is 1. The van der Waals surface area contributed by atoms with Crippen molar-refractivity contribution in [3.8, 4) is 0 Å². The summed E-state index contributed by atoms with van der Waals surface area (Å²) < 4.78 is 0.387. The first kappa shape index (κ1) is 20.8. The molecule has 6 nitrogen and oxygen atoms in total. The van der Waals surface area contributed by atoms with Crippen LogP contribution in [0.1, 0.15) is 37.6 Å². The van der Waals surface area contributed by atoms with E-state index in [1.807, 2.05) is 6.92 Å². The lowest BCUT2D eigenvalue weighted by Crippen LogP contribution is -2.52. The quantitative estimate of drug-likeness (QED) is 0.571. The zero-order valence-electron chi connectivity index (χ0n) is 12.8. The molecule has 0 saturated heterocycles. The Kier molecular flexibility index (Phi) is 8.00. The molecule has 0 fully saturated rings. The number of nitrogens with one attached hydrogen (secondary N) is 1. The Hall–Kier alpha value is -1.18. The molecule has 1 atom stereocenters. The van der Waals surface area contributed by atoms with Crippen LogP contribution in [0.3, 0.4) is 0 Å². The second kappa shape index (κ2) is 8.45. The van der Waals surface area contributed by atoms with E-state index in [9.17, 15) is 14.9 Å². The van der Waals surface area contributed by atoms with Crippen molar-refractivity contribution in [2.45, 2.75) is 32.7 Å². The minimum atomic E-state index is -0.507. The van der Waals surface area contributed by atoms with Crippen LogP contribution >= 0.6 is 28.3 Å². The fraction of sp³-hybridized carbons (Fsp3) is 0.500. The van der Waals surface area contributed by atoms with E-state index in [1.54, 1.807) is 0 Å². The highest BCUT2D eigenvalue weighted by molar-refractivity contribution is 9.10. The molecular weight excluding hydrogens is 374 g/mol. The maximum Gasteiger partial charge on any atom is 0.270 e. The number of hydrogen-bond acceptors (Lipinski definition) is 4. The molecule has 0 aliphatic carbocycles. The molecule has 0 aliphatic heterocycles. The number of halogens is 2. The molecule has 8 heteroatoms. The Labute approximate surface area is 144 Å². The van der Waals surface area contributed by atoms with Crippen molar-refractivity contribution < 1.29 is 9.72 Å². The minimum absolute atomic E-state index is 0. The van der Waals surface area contributed by atoms with Gasteiger partial charge in [0.15, 0.2) is 0 Å². The third kappa shape index (κ3) is 5.55. The smallest absolute Gasteiger partial charge is 0.270 e. The first-order chi connectivity index (χ1) is 9.68. The molecule has 0 saturated carbocycles. The van der Waals surface area contributed by atoms with E-state index in [1.165, 1.54) is 18.2 Å². The van der Waals surface area contributed by atoms with E-state index < -0.39 is 10.5 Å². The Morgan fingerprint density at radius 1 is 1.50 bits per heavy atom. The summed E-state index contributed by atoms with van der Waals surface area (Å²) in [5.74, 6) is 0.0875. The van der Waals surface area contributed by atoms with Crippen LogP contribution in [0.2, 0.25) is 0 Å². The lowest BCUT2D eigenvalue weighted by molar-refractivity contribution is -0.384. The fourth-order valence-electron chi connectivity index (χ4n) is 2.23. The summed E-state index contributed by atoms with van der Waals surface area (Å²) >= 11 is 3.20. The molecule has 0 aromatic heterocycles. The minimum Gasteiger partial charge on any atom is -0.346 e. The number of nitro benzene ring substituents is 1. The van der Waals surface area contributed by atoms with Crippen LogP contribution in [-0.2, 0) is 0 Å².